The maximum Gasteiger partial charge on any atom is 0.341 e. The zero-order chi connectivity index (χ0) is 36.8. The molecule has 3 aliphatic carbocycles. The summed E-state index contributed by atoms with van der Waals surface area (Å²) >= 11 is 0. The number of esters is 1. The molecule has 0 saturated carbocycles. The van der Waals surface area contributed by atoms with Crippen LogP contribution in [0.25, 0.3) is 5.70 Å². The highest BCUT2D eigenvalue weighted by Gasteiger charge is 2.72. The van der Waals surface area contributed by atoms with Crippen LogP contribution in [0.15, 0.2) is 23.2 Å². The predicted molar refractivity (Wildman–Crippen MR) is 170 cm³/mol. The van der Waals surface area contributed by atoms with Gasteiger partial charge in [-0.25, -0.2) is 9.79 Å². The Kier molecular flexibility index (Phi) is 8.50. The van der Waals surface area contributed by atoms with E-state index in [-0.39, 0.29) is 28.1 Å². The van der Waals surface area contributed by atoms with E-state index in [0.717, 1.165) is 26.4 Å². The zero-order valence-corrected chi connectivity index (χ0v) is 27.6. The SMILES string of the molecule is COC(=O)c1c(C)cc2c(c1O)[C@]1(O)C(=O)c3cc4c(c(O)c3C(=O)[C@]1(OC)[C@H](O)C2)C(N)=C/C(=N/[C@H]1O[C@@H](C)[C@H](OC)[C@@H](O)[C@H]1CO)C4=O. The maximum absolute atomic E-state index is 14.6. The monoisotopic (exact) mass is 696 g/mol. The van der Waals surface area contributed by atoms with Crippen LogP contribution in [0.5, 0.6) is 11.5 Å². The number of ketones is 3. The van der Waals surface area contributed by atoms with Crippen molar-refractivity contribution >= 4 is 34.7 Å². The molecule has 0 unspecified atom stereocenters. The number of ether oxygens (including phenoxy) is 4. The number of aromatic hydroxyl groups is 2. The molecule has 1 saturated heterocycles. The van der Waals surface area contributed by atoms with Gasteiger partial charge in [-0.2, -0.15) is 0 Å². The van der Waals surface area contributed by atoms with Gasteiger partial charge in [-0.05, 0) is 37.1 Å². The van der Waals surface area contributed by atoms with Crippen molar-refractivity contribution in [3.05, 3.63) is 62.7 Å². The van der Waals surface area contributed by atoms with Gasteiger partial charge in [-0.15, -0.1) is 0 Å². The Hall–Kier alpha value is -4.55. The molecular formula is C34H36N2O14. The lowest BCUT2D eigenvalue weighted by molar-refractivity contribution is -0.206. The lowest BCUT2D eigenvalue weighted by Gasteiger charge is -2.53. The lowest BCUT2D eigenvalue weighted by atomic mass is 9.56. The van der Waals surface area contributed by atoms with Crippen LogP contribution in [-0.4, -0.2) is 124 Å². The molecule has 2 aromatic carbocycles. The summed E-state index contributed by atoms with van der Waals surface area (Å²) in [5.41, 5.74) is -3.36. The van der Waals surface area contributed by atoms with E-state index in [1.807, 2.05) is 0 Å². The highest BCUT2D eigenvalue weighted by Crippen LogP contribution is 2.56. The minimum atomic E-state index is -3.20. The Morgan fingerprint density at radius 3 is 2.34 bits per heavy atom. The average molecular weight is 697 g/mol. The number of hydrogen-bond acceptors (Lipinski definition) is 16. The van der Waals surface area contributed by atoms with Crippen LogP contribution in [0.2, 0.25) is 0 Å². The van der Waals surface area contributed by atoms with Crippen molar-refractivity contribution in [3.8, 4) is 11.5 Å². The second-order valence-corrected chi connectivity index (χ2v) is 12.8. The Bertz CT molecular complexity index is 1940. The first-order valence-corrected chi connectivity index (χ1v) is 15.5. The zero-order valence-electron chi connectivity index (χ0n) is 27.6. The number of allylic oxidation sites excluding steroid dienone is 1. The number of fused-ring (bicyclic) bond motifs is 5. The minimum Gasteiger partial charge on any atom is -0.507 e. The first-order chi connectivity index (χ1) is 23.6. The molecule has 0 spiro atoms. The number of nitrogens with two attached hydrogens (primary N) is 1. The Morgan fingerprint density at radius 2 is 1.74 bits per heavy atom. The number of phenols is 2. The summed E-state index contributed by atoms with van der Waals surface area (Å²) in [6.45, 7) is 2.46. The van der Waals surface area contributed by atoms with Crippen LogP contribution in [0, 0.1) is 12.8 Å². The van der Waals surface area contributed by atoms with E-state index >= 15 is 0 Å². The number of aliphatic hydroxyl groups is 4. The van der Waals surface area contributed by atoms with Crippen molar-refractivity contribution in [2.75, 3.05) is 27.9 Å². The van der Waals surface area contributed by atoms with Crippen LogP contribution < -0.4 is 5.73 Å². The Balaban J connectivity index is 1.56. The first-order valence-electron chi connectivity index (χ1n) is 15.5. The Labute approximate surface area is 284 Å². The largest absolute Gasteiger partial charge is 0.507 e. The second kappa shape index (κ2) is 12.1. The summed E-state index contributed by atoms with van der Waals surface area (Å²) in [7, 11) is 3.35. The number of carbonyl (C=O) groups is 4. The van der Waals surface area contributed by atoms with Crippen LogP contribution in [0.4, 0.5) is 0 Å². The molecule has 2 aromatic rings. The highest BCUT2D eigenvalue weighted by atomic mass is 16.6. The van der Waals surface area contributed by atoms with Crippen molar-refractivity contribution in [2.24, 2.45) is 16.6 Å². The summed E-state index contributed by atoms with van der Waals surface area (Å²) in [6.07, 6.45) is -5.27. The molecule has 0 bridgehead atoms. The molecule has 1 fully saturated rings. The predicted octanol–water partition coefficient (Wildman–Crippen LogP) is -0.572. The van der Waals surface area contributed by atoms with Gasteiger partial charge in [0, 0.05) is 43.0 Å². The third kappa shape index (κ3) is 4.40. The topological polar surface area (TPSA) is 265 Å². The van der Waals surface area contributed by atoms with Crippen LogP contribution in [0.1, 0.15) is 70.6 Å². The minimum absolute atomic E-state index is 0.0119. The van der Waals surface area contributed by atoms with E-state index in [2.05, 4.69) is 4.99 Å². The van der Waals surface area contributed by atoms with Gasteiger partial charge in [-0.1, -0.05) is 6.07 Å². The third-order valence-electron chi connectivity index (χ3n) is 10.3. The van der Waals surface area contributed by atoms with Crippen molar-refractivity contribution in [2.45, 2.75) is 62.1 Å². The number of aryl methyl sites for hydroxylation is 1. The number of hydrogen-bond donors (Lipinski definition) is 7. The van der Waals surface area contributed by atoms with E-state index in [4.69, 9.17) is 24.7 Å². The summed E-state index contributed by atoms with van der Waals surface area (Å²) < 4.78 is 21.4. The molecule has 0 aromatic heterocycles. The summed E-state index contributed by atoms with van der Waals surface area (Å²) in [5, 5.41) is 67.7. The van der Waals surface area contributed by atoms with Crippen LogP contribution in [0.3, 0.4) is 0 Å². The molecular weight excluding hydrogens is 660 g/mol. The second-order valence-electron chi connectivity index (χ2n) is 12.8. The number of rotatable bonds is 5. The van der Waals surface area contributed by atoms with E-state index in [1.54, 1.807) is 6.92 Å². The molecule has 1 aliphatic heterocycles. The Morgan fingerprint density at radius 1 is 1.06 bits per heavy atom. The van der Waals surface area contributed by atoms with E-state index in [1.165, 1.54) is 20.1 Å². The van der Waals surface area contributed by atoms with Gasteiger partial charge in [0.25, 0.3) is 0 Å². The van der Waals surface area contributed by atoms with Crippen molar-refractivity contribution in [1.29, 1.82) is 0 Å². The normalized spacial score (nSPS) is 32.5. The van der Waals surface area contributed by atoms with E-state index in [9.17, 15) is 49.8 Å². The maximum atomic E-state index is 14.6. The summed E-state index contributed by atoms with van der Waals surface area (Å²) in [6, 6.07) is 2.27. The fourth-order valence-corrected chi connectivity index (χ4v) is 7.88. The van der Waals surface area contributed by atoms with E-state index in [0.29, 0.717) is 0 Å². The quantitative estimate of drug-likeness (QED) is 0.193. The fraction of sp³-hybridized carbons (Fsp3) is 0.441. The molecule has 8 atom stereocenters. The number of carbonyl (C=O) groups excluding carboxylic acids is 4. The van der Waals surface area contributed by atoms with Gasteiger partial charge in [0.05, 0.1) is 49.1 Å². The van der Waals surface area contributed by atoms with Gasteiger partial charge in [-0.3, -0.25) is 14.4 Å². The molecule has 266 valence electrons. The summed E-state index contributed by atoms with van der Waals surface area (Å²) in [4.78, 5) is 60.0. The number of Topliss-reactive ketones (excluding diaryl/α,β-unsaturated/α-hetero) is 3. The van der Waals surface area contributed by atoms with Gasteiger partial charge in [0.2, 0.25) is 17.3 Å². The fourth-order valence-electron chi connectivity index (χ4n) is 7.88. The lowest BCUT2D eigenvalue weighted by Crippen LogP contribution is -2.73. The summed E-state index contributed by atoms with van der Waals surface area (Å²) in [5.74, 6) is -7.41. The molecule has 4 aliphatic rings. The van der Waals surface area contributed by atoms with Crippen molar-refractivity contribution < 1.29 is 68.8 Å². The standard InChI is InChI=1S/C34H36N2O14/c1-11-6-13-7-19(38)34(49-5)30(44)22-15(29(43)33(34,46)23(13)27(42)20(11)32(45)48-4)8-14-21(26(22)41)17(35)9-18(24(14)39)36-31-16(10-37)25(40)28(47-3)12(2)50-31/h6,8-9,12,16,19,25,28,31,37-38,40-42,46H,7,10,35H2,1-5H3/b36-18-/t12-,16+,19+,25-,28-,31-,33-,34+/m0/s1. The molecule has 16 nitrogen and oxygen atoms in total. The molecule has 1 heterocycles. The van der Waals surface area contributed by atoms with Gasteiger partial charge in [0.15, 0.2) is 17.4 Å². The van der Waals surface area contributed by atoms with Crippen LogP contribution >= 0.6 is 0 Å². The third-order valence-corrected chi connectivity index (χ3v) is 10.3. The van der Waals surface area contributed by atoms with Gasteiger partial charge >= 0.3 is 5.97 Å². The highest BCUT2D eigenvalue weighted by molar-refractivity contribution is 6.53. The molecule has 6 rings (SSSR count). The smallest absolute Gasteiger partial charge is 0.341 e. The van der Waals surface area contributed by atoms with Gasteiger partial charge < -0.3 is 55.3 Å². The number of phenolic OH excluding ortho intramolecular Hbond substituents is 2. The van der Waals surface area contributed by atoms with Crippen molar-refractivity contribution in [1.82, 2.24) is 0 Å². The number of benzene rings is 2. The van der Waals surface area contributed by atoms with Crippen LogP contribution in [-0.2, 0) is 31.0 Å². The number of nitrogens with zero attached hydrogens (tertiary/aromatic N) is 1. The van der Waals surface area contributed by atoms with E-state index < -0.39 is 123 Å². The number of aliphatic hydroxyl groups excluding tert-OH is 3. The number of methoxy groups -OCH3 is 3. The van der Waals surface area contributed by atoms with Gasteiger partial charge in [0.1, 0.15) is 28.9 Å². The van der Waals surface area contributed by atoms with Crippen molar-refractivity contribution in [3.63, 3.8) is 0 Å². The molecule has 16 heteroatoms. The molecule has 8 N–H and O–H groups in total. The molecule has 50 heavy (non-hydrogen) atoms. The molecule has 0 radical (unpaired) electrons. The first kappa shape index (κ1) is 35.3. The average Bonchev–Trinajstić information content (AvgIpc) is 3.05. The number of aliphatic imine (C=N–C) groups is 1. The molecule has 0 amide bonds.